The Morgan fingerprint density at radius 1 is 1.05 bits per heavy atom. The van der Waals surface area contributed by atoms with E-state index in [1.807, 2.05) is 0 Å². The summed E-state index contributed by atoms with van der Waals surface area (Å²) in [6, 6.07) is 2.75. The number of ether oxygens (including phenoxy) is 1. The molecule has 0 atom stereocenters. The summed E-state index contributed by atoms with van der Waals surface area (Å²) in [6.45, 7) is 1.05. The molecule has 0 spiro atoms. The van der Waals surface area contributed by atoms with Crippen LogP contribution in [-0.2, 0) is 25.7 Å². The van der Waals surface area contributed by atoms with Gasteiger partial charge in [0.2, 0.25) is 16.0 Å². The maximum atomic E-state index is 15.0. The van der Waals surface area contributed by atoms with Crippen LogP contribution in [0.1, 0.15) is 50.1 Å². The van der Waals surface area contributed by atoms with Crippen LogP contribution in [0.25, 0.3) is 11.3 Å². The molecule has 1 aliphatic carbocycles. The lowest BCUT2D eigenvalue weighted by molar-refractivity contribution is -0.137. The highest BCUT2D eigenvalue weighted by Gasteiger charge is 2.36. The maximum absolute atomic E-state index is 15.0. The van der Waals surface area contributed by atoms with E-state index >= 15 is 0 Å². The molecule has 2 N–H and O–H groups in total. The lowest BCUT2D eigenvalue weighted by atomic mass is 9.87. The minimum atomic E-state index is -4.75. The fourth-order valence-corrected chi connectivity index (χ4v) is 6.34. The highest BCUT2D eigenvalue weighted by Crippen LogP contribution is 2.37. The second-order valence-electron chi connectivity index (χ2n) is 10.1. The van der Waals surface area contributed by atoms with E-state index in [0.29, 0.717) is 57.9 Å². The Morgan fingerprint density at radius 3 is 2.44 bits per heavy atom. The van der Waals surface area contributed by atoms with Crippen LogP contribution in [0.2, 0.25) is 0 Å². The van der Waals surface area contributed by atoms with Gasteiger partial charge < -0.3 is 14.8 Å². The maximum Gasteiger partial charge on any atom is 0.419 e. The Morgan fingerprint density at radius 2 is 1.78 bits per heavy atom. The normalized spacial score (nSPS) is 20.6. The van der Waals surface area contributed by atoms with Crippen molar-refractivity contribution in [2.45, 2.75) is 61.7 Å². The van der Waals surface area contributed by atoms with E-state index in [9.17, 15) is 30.8 Å². The van der Waals surface area contributed by atoms with Crippen molar-refractivity contribution < 1.29 is 35.5 Å². The van der Waals surface area contributed by atoms with Crippen molar-refractivity contribution in [1.82, 2.24) is 24.5 Å². The minimum Gasteiger partial charge on any atom is -0.381 e. The third-order valence-corrected chi connectivity index (χ3v) is 8.84. The summed E-state index contributed by atoms with van der Waals surface area (Å²) in [6.07, 6.45) is 2.96. The van der Waals surface area contributed by atoms with Gasteiger partial charge in [-0.3, -0.25) is 4.68 Å². The van der Waals surface area contributed by atoms with Gasteiger partial charge in [-0.2, -0.15) is 18.3 Å². The number of rotatable bonds is 8. The first kappa shape index (κ1) is 29.1. The number of nitrogens with zero attached hydrogens (tertiary/aromatic N) is 4. The van der Waals surface area contributed by atoms with Crippen molar-refractivity contribution in [3.8, 4) is 11.3 Å². The first-order chi connectivity index (χ1) is 19.5. The molecule has 1 saturated carbocycles. The van der Waals surface area contributed by atoms with Crippen molar-refractivity contribution in [3.63, 3.8) is 0 Å². The van der Waals surface area contributed by atoms with Gasteiger partial charge in [-0.05, 0) is 56.7 Å². The van der Waals surface area contributed by atoms with E-state index in [0.717, 1.165) is 18.4 Å². The molecule has 1 saturated heterocycles. The Kier molecular flexibility index (Phi) is 8.38. The number of aldehydes is 1. The fourth-order valence-electron chi connectivity index (χ4n) is 5.02. The smallest absolute Gasteiger partial charge is 0.381 e. The predicted molar refractivity (Wildman–Crippen MR) is 139 cm³/mol. The Labute approximate surface area is 233 Å². The Bertz CT molecular complexity index is 1500. The predicted octanol–water partition coefficient (Wildman–Crippen LogP) is 4.63. The number of nitrogens with one attached hydrogen (secondary N) is 2. The number of carbonyl (C=O) groups is 1. The highest BCUT2D eigenvalue weighted by atomic mass is 32.2. The average Bonchev–Trinajstić information content (AvgIpc) is 3.45. The van der Waals surface area contributed by atoms with Gasteiger partial charge in [0.15, 0.2) is 0 Å². The van der Waals surface area contributed by atoms with Crippen LogP contribution < -0.4 is 10.0 Å². The monoisotopic (exact) mass is 596 g/mol. The van der Waals surface area contributed by atoms with Crippen molar-refractivity contribution in [2.75, 3.05) is 18.5 Å². The number of aromatic nitrogens is 4. The molecule has 2 aromatic heterocycles. The summed E-state index contributed by atoms with van der Waals surface area (Å²) < 4.78 is 91.5. The molecular formula is C26H28F4N6O4S. The molecule has 10 nitrogen and oxygen atoms in total. The molecule has 220 valence electrons. The number of halogens is 4. The van der Waals surface area contributed by atoms with Crippen molar-refractivity contribution in [3.05, 3.63) is 48.2 Å². The van der Waals surface area contributed by atoms with E-state index in [-0.39, 0.29) is 40.1 Å². The van der Waals surface area contributed by atoms with Crippen LogP contribution in [-0.4, -0.2) is 53.7 Å². The lowest BCUT2D eigenvalue weighted by Crippen LogP contribution is -2.37. The van der Waals surface area contributed by atoms with E-state index in [1.54, 1.807) is 4.68 Å². The van der Waals surface area contributed by atoms with Gasteiger partial charge in [-0.25, -0.2) is 27.5 Å². The highest BCUT2D eigenvalue weighted by molar-refractivity contribution is 7.89. The molecular weight excluding hydrogens is 568 g/mol. The molecule has 15 heteroatoms. The zero-order valence-electron chi connectivity index (χ0n) is 21.8. The zero-order chi connectivity index (χ0) is 29.2. The number of carbonyl (C=O) groups excluding carboxylic acids is 1. The molecule has 0 unspecified atom stereocenters. The first-order valence-corrected chi connectivity index (χ1v) is 14.6. The van der Waals surface area contributed by atoms with Gasteiger partial charge in [0.1, 0.15) is 17.7 Å². The van der Waals surface area contributed by atoms with Crippen LogP contribution in [0.5, 0.6) is 0 Å². The van der Waals surface area contributed by atoms with Crippen LogP contribution in [0.3, 0.4) is 0 Å². The third-order valence-electron chi connectivity index (χ3n) is 7.32. The largest absolute Gasteiger partial charge is 0.419 e. The number of benzene rings is 1. The van der Waals surface area contributed by atoms with Crippen LogP contribution in [0, 0.1) is 11.7 Å². The van der Waals surface area contributed by atoms with Crippen molar-refractivity contribution in [1.29, 1.82) is 0 Å². The summed E-state index contributed by atoms with van der Waals surface area (Å²) in [7, 11) is -4.05. The summed E-state index contributed by atoms with van der Waals surface area (Å²) >= 11 is 0. The van der Waals surface area contributed by atoms with Crippen LogP contribution in [0.4, 0.5) is 29.2 Å². The molecule has 3 heterocycles. The van der Waals surface area contributed by atoms with E-state index in [4.69, 9.17) is 4.74 Å². The minimum absolute atomic E-state index is 0.0176. The summed E-state index contributed by atoms with van der Waals surface area (Å²) in [5.41, 5.74) is -1.62. The third kappa shape index (κ3) is 6.73. The summed E-state index contributed by atoms with van der Waals surface area (Å²) in [5, 5.41) is 6.77. The first-order valence-electron chi connectivity index (χ1n) is 13.1. The lowest BCUT2D eigenvalue weighted by Gasteiger charge is -2.26. The number of sulfonamides is 1. The Hall–Kier alpha value is -3.43. The van der Waals surface area contributed by atoms with Gasteiger partial charge in [0.25, 0.3) is 0 Å². The molecule has 41 heavy (non-hydrogen) atoms. The molecule has 1 aliphatic heterocycles. The van der Waals surface area contributed by atoms with Crippen LogP contribution >= 0.6 is 0 Å². The summed E-state index contributed by atoms with van der Waals surface area (Å²) in [4.78, 5) is 18.4. The van der Waals surface area contributed by atoms with E-state index in [1.165, 1.54) is 18.5 Å². The summed E-state index contributed by atoms with van der Waals surface area (Å²) in [5.74, 6) is -1.36. The van der Waals surface area contributed by atoms with Gasteiger partial charge in [-0.15, -0.1) is 0 Å². The van der Waals surface area contributed by atoms with E-state index < -0.39 is 33.3 Å². The SMILES string of the molecule is O=CC1CCC(NS(=O)(=O)c2ccc(Nc3ncc(C(F)(F)F)c(-c4cnn(C5CCOCC5)c4)n3)c(F)c2)CC1. The molecule has 0 radical (unpaired) electrons. The second kappa shape index (κ2) is 11.8. The number of alkyl halides is 3. The quantitative estimate of drug-likeness (QED) is 0.285. The molecule has 5 rings (SSSR count). The molecule has 0 amide bonds. The van der Waals surface area contributed by atoms with Gasteiger partial charge in [0, 0.05) is 43.1 Å². The number of hydrogen-bond donors (Lipinski definition) is 2. The number of hydrogen-bond acceptors (Lipinski definition) is 8. The topological polar surface area (TPSA) is 128 Å². The molecule has 3 aromatic rings. The van der Waals surface area contributed by atoms with Gasteiger partial charge in [0.05, 0.1) is 28.5 Å². The van der Waals surface area contributed by atoms with Crippen LogP contribution in [0.15, 0.2) is 41.7 Å². The standard InChI is InChI=1S/C26H28F4N6O4S/c27-22-11-20(41(38,39)35-18-3-1-16(15-37)2-4-18)5-6-23(22)33-25-31-13-21(26(28,29)30)24(34-25)17-12-32-36(14-17)19-7-9-40-10-8-19/h5-6,11-16,18-19,35H,1-4,7-10H2,(H,31,33,34). The average molecular weight is 597 g/mol. The van der Waals surface area contributed by atoms with Gasteiger partial charge >= 0.3 is 6.18 Å². The molecule has 2 fully saturated rings. The molecule has 1 aromatic carbocycles. The Balaban J connectivity index is 1.36. The molecule has 0 bridgehead atoms. The zero-order valence-corrected chi connectivity index (χ0v) is 22.6. The number of anilines is 2. The fraction of sp³-hybridized carbons (Fsp3) is 0.462. The van der Waals surface area contributed by atoms with E-state index in [2.05, 4.69) is 25.1 Å². The second-order valence-corrected chi connectivity index (χ2v) is 11.9. The molecule has 2 aliphatic rings. The van der Waals surface area contributed by atoms with Crippen molar-refractivity contribution >= 4 is 27.9 Å². The van der Waals surface area contributed by atoms with Crippen molar-refractivity contribution in [2.24, 2.45) is 5.92 Å². The van der Waals surface area contributed by atoms with Gasteiger partial charge in [-0.1, -0.05) is 0 Å².